The Balaban J connectivity index is 1.47. The molecule has 2 atom stereocenters. The molecule has 4 rings (SSSR count). The number of rotatable bonds is 6. The summed E-state index contributed by atoms with van der Waals surface area (Å²) < 4.78 is 14.2. The molecule has 2 aliphatic carbocycles. The van der Waals surface area contributed by atoms with Crippen LogP contribution < -0.4 is 5.32 Å². The fourth-order valence-corrected chi connectivity index (χ4v) is 3.61. The number of halogens is 2. The van der Waals surface area contributed by atoms with E-state index in [1.807, 2.05) is 0 Å². The van der Waals surface area contributed by atoms with Gasteiger partial charge in [-0.2, -0.15) is 0 Å². The highest BCUT2D eigenvalue weighted by molar-refractivity contribution is 6.31. The zero-order valence-electron chi connectivity index (χ0n) is 15.6. The van der Waals surface area contributed by atoms with Gasteiger partial charge in [0.1, 0.15) is 5.82 Å². The van der Waals surface area contributed by atoms with E-state index in [9.17, 15) is 14.0 Å². The molecule has 28 heavy (non-hydrogen) atoms. The molecule has 2 aromatic rings. The Kier molecular flexibility index (Phi) is 5.11. The summed E-state index contributed by atoms with van der Waals surface area (Å²) in [6, 6.07) is 11.5. The van der Waals surface area contributed by atoms with Gasteiger partial charge in [0.2, 0.25) is 5.91 Å². The van der Waals surface area contributed by atoms with Crippen LogP contribution in [0.25, 0.3) is 0 Å². The van der Waals surface area contributed by atoms with Crippen molar-refractivity contribution in [2.75, 3.05) is 5.32 Å². The second-order valence-electron chi connectivity index (χ2n) is 7.75. The summed E-state index contributed by atoms with van der Waals surface area (Å²) >= 11 is 6.14. The highest BCUT2D eigenvalue weighted by Gasteiger charge is 2.39. The first-order valence-corrected chi connectivity index (χ1v) is 9.96. The molecule has 2 unspecified atom stereocenters. The molecule has 2 saturated carbocycles. The second kappa shape index (κ2) is 7.55. The van der Waals surface area contributed by atoms with Gasteiger partial charge in [0.05, 0.1) is 6.54 Å². The minimum atomic E-state index is -0.404. The van der Waals surface area contributed by atoms with Crippen LogP contribution in [0.3, 0.4) is 0 Å². The molecule has 146 valence electrons. The third-order valence-electron chi connectivity index (χ3n) is 5.48. The SMILES string of the molecule is CC1CC1C(=O)Nc1ccc(C(=O)N(Cc2c(F)cccc2Cl)C2CC2)cc1. The van der Waals surface area contributed by atoms with Crippen LogP contribution in [-0.4, -0.2) is 22.8 Å². The van der Waals surface area contributed by atoms with E-state index in [4.69, 9.17) is 11.6 Å². The van der Waals surface area contributed by atoms with Crippen LogP contribution >= 0.6 is 11.6 Å². The Hall–Kier alpha value is -2.40. The van der Waals surface area contributed by atoms with E-state index in [1.54, 1.807) is 41.3 Å². The summed E-state index contributed by atoms with van der Waals surface area (Å²) in [4.78, 5) is 26.7. The van der Waals surface area contributed by atoms with Crippen LogP contribution in [0.5, 0.6) is 0 Å². The van der Waals surface area contributed by atoms with Crippen molar-refractivity contribution in [2.45, 2.75) is 38.8 Å². The lowest BCUT2D eigenvalue weighted by Gasteiger charge is -2.23. The normalized spacial score (nSPS) is 20.5. The third kappa shape index (κ3) is 4.04. The maximum Gasteiger partial charge on any atom is 0.254 e. The average molecular weight is 401 g/mol. The van der Waals surface area contributed by atoms with Gasteiger partial charge in [0.15, 0.2) is 0 Å². The topological polar surface area (TPSA) is 49.4 Å². The zero-order valence-corrected chi connectivity index (χ0v) is 16.4. The van der Waals surface area contributed by atoms with Gasteiger partial charge in [0, 0.05) is 33.8 Å². The van der Waals surface area contributed by atoms with Crippen molar-refractivity contribution in [3.8, 4) is 0 Å². The first kappa shape index (κ1) is 18.9. The number of carbonyl (C=O) groups excluding carboxylic acids is 2. The molecule has 1 N–H and O–H groups in total. The maximum absolute atomic E-state index is 14.2. The van der Waals surface area contributed by atoms with E-state index in [1.165, 1.54) is 6.07 Å². The molecule has 0 spiro atoms. The van der Waals surface area contributed by atoms with E-state index < -0.39 is 5.82 Å². The van der Waals surface area contributed by atoms with Gasteiger partial charge in [-0.3, -0.25) is 9.59 Å². The molecule has 6 heteroatoms. The number of nitrogens with zero attached hydrogens (tertiary/aromatic N) is 1. The predicted molar refractivity (Wildman–Crippen MR) is 107 cm³/mol. The molecular weight excluding hydrogens is 379 g/mol. The van der Waals surface area contributed by atoms with Gasteiger partial charge in [-0.15, -0.1) is 0 Å². The standard InChI is InChI=1S/C22H22ClFN2O2/c1-13-11-17(13)21(27)25-15-7-5-14(6-8-15)22(28)26(16-9-10-16)12-18-19(23)3-2-4-20(18)24/h2-8,13,16-17H,9-12H2,1H3,(H,25,27). The molecule has 2 amide bonds. The smallest absolute Gasteiger partial charge is 0.254 e. The van der Waals surface area contributed by atoms with Crippen LogP contribution in [0.1, 0.15) is 42.1 Å². The number of carbonyl (C=O) groups is 2. The fraction of sp³-hybridized carbons (Fsp3) is 0.364. The minimum Gasteiger partial charge on any atom is -0.331 e. The summed E-state index contributed by atoms with van der Waals surface area (Å²) in [5.41, 5.74) is 1.53. The lowest BCUT2D eigenvalue weighted by molar-refractivity contribution is -0.117. The van der Waals surface area contributed by atoms with Crippen LogP contribution in [0, 0.1) is 17.7 Å². The molecule has 4 nitrogen and oxygen atoms in total. The van der Waals surface area contributed by atoms with Gasteiger partial charge in [-0.05, 0) is 61.6 Å². The molecule has 2 fully saturated rings. The predicted octanol–water partition coefficient (Wildman–Crippen LogP) is 4.88. The zero-order chi connectivity index (χ0) is 19.8. The van der Waals surface area contributed by atoms with Crippen molar-refractivity contribution in [3.05, 3.63) is 64.4 Å². The highest BCUT2D eigenvalue weighted by Crippen LogP contribution is 2.38. The lowest BCUT2D eigenvalue weighted by Crippen LogP contribution is -2.33. The quantitative estimate of drug-likeness (QED) is 0.751. The van der Waals surface area contributed by atoms with Crippen molar-refractivity contribution in [2.24, 2.45) is 11.8 Å². The van der Waals surface area contributed by atoms with E-state index in [2.05, 4.69) is 12.2 Å². The van der Waals surface area contributed by atoms with E-state index in [0.717, 1.165) is 19.3 Å². The summed E-state index contributed by atoms with van der Waals surface area (Å²) in [5.74, 6) is 0.00421. The van der Waals surface area contributed by atoms with Gasteiger partial charge in [-0.1, -0.05) is 24.6 Å². The molecule has 0 heterocycles. The Labute approximate surface area is 168 Å². The van der Waals surface area contributed by atoms with Gasteiger partial charge >= 0.3 is 0 Å². The van der Waals surface area contributed by atoms with Crippen LogP contribution in [-0.2, 0) is 11.3 Å². The molecule has 2 aromatic carbocycles. The van der Waals surface area contributed by atoms with Crippen molar-refractivity contribution in [3.63, 3.8) is 0 Å². The van der Waals surface area contributed by atoms with Crippen LogP contribution in [0.15, 0.2) is 42.5 Å². The molecule has 2 aliphatic rings. The first-order valence-electron chi connectivity index (χ1n) is 9.59. The highest BCUT2D eigenvalue weighted by atomic mass is 35.5. The number of amides is 2. The fourth-order valence-electron chi connectivity index (χ4n) is 3.39. The van der Waals surface area contributed by atoms with Gasteiger partial charge in [0.25, 0.3) is 5.91 Å². The van der Waals surface area contributed by atoms with E-state index in [0.29, 0.717) is 27.8 Å². The Morgan fingerprint density at radius 3 is 2.43 bits per heavy atom. The molecule has 0 aromatic heterocycles. The molecule has 0 bridgehead atoms. The number of hydrogen-bond acceptors (Lipinski definition) is 2. The summed E-state index contributed by atoms with van der Waals surface area (Å²) in [6.07, 6.45) is 2.74. The van der Waals surface area contributed by atoms with Gasteiger partial charge < -0.3 is 10.2 Å². The van der Waals surface area contributed by atoms with Crippen molar-refractivity contribution in [1.82, 2.24) is 4.90 Å². The lowest BCUT2D eigenvalue weighted by atomic mass is 10.1. The van der Waals surface area contributed by atoms with Crippen LogP contribution in [0.4, 0.5) is 10.1 Å². The molecule has 0 radical (unpaired) electrons. The molecule has 0 aliphatic heterocycles. The van der Waals surface area contributed by atoms with Crippen molar-refractivity contribution < 1.29 is 14.0 Å². The minimum absolute atomic E-state index is 0.0281. The third-order valence-corrected chi connectivity index (χ3v) is 5.84. The first-order chi connectivity index (χ1) is 13.4. The second-order valence-corrected chi connectivity index (χ2v) is 8.16. The maximum atomic E-state index is 14.2. The number of hydrogen-bond donors (Lipinski definition) is 1. The average Bonchev–Trinajstić information content (AvgIpc) is 3.58. The number of nitrogens with one attached hydrogen (secondary N) is 1. The van der Waals surface area contributed by atoms with E-state index in [-0.39, 0.29) is 30.3 Å². The summed E-state index contributed by atoms with van der Waals surface area (Å²) in [5, 5.41) is 3.21. The Morgan fingerprint density at radius 1 is 1.18 bits per heavy atom. The van der Waals surface area contributed by atoms with Crippen LogP contribution in [0.2, 0.25) is 5.02 Å². The number of benzene rings is 2. The summed E-state index contributed by atoms with van der Waals surface area (Å²) in [7, 11) is 0. The van der Waals surface area contributed by atoms with E-state index >= 15 is 0 Å². The Bertz CT molecular complexity index is 891. The molecular formula is C22H22ClFN2O2. The largest absolute Gasteiger partial charge is 0.331 e. The van der Waals surface area contributed by atoms with Crippen molar-refractivity contribution in [1.29, 1.82) is 0 Å². The molecule has 0 saturated heterocycles. The summed E-state index contributed by atoms with van der Waals surface area (Å²) in [6.45, 7) is 2.20. The monoisotopic (exact) mass is 400 g/mol. The number of anilines is 1. The van der Waals surface area contributed by atoms with Crippen molar-refractivity contribution >= 4 is 29.1 Å². The van der Waals surface area contributed by atoms with Gasteiger partial charge in [-0.25, -0.2) is 4.39 Å². The Morgan fingerprint density at radius 2 is 1.86 bits per heavy atom.